The molecular formula is C19H15N3O2S. The number of hydrogen-bond acceptors (Lipinski definition) is 4. The van der Waals surface area contributed by atoms with Gasteiger partial charge in [-0.25, -0.2) is 0 Å². The second-order valence-corrected chi connectivity index (χ2v) is 6.64. The van der Waals surface area contributed by atoms with Crippen molar-refractivity contribution in [2.45, 2.75) is 6.92 Å². The van der Waals surface area contributed by atoms with Gasteiger partial charge < -0.3 is 0 Å². The Morgan fingerprint density at radius 3 is 2.16 bits per heavy atom. The molecule has 6 heteroatoms. The third-order valence-electron chi connectivity index (χ3n) is 4.03. The van der Waals surface area contributed by atoms with Gasteiger partial charge in [-0.1, -0.05) is 48.2 Å². The number of anilines is 2. The van der Waals surface area contributed by atoms with Crippen LogP contribution in [0.3, 0.4) is 0 Å². The molecule has 2 heterocycles. The van der Waals surface area contributed by atoms with Crippen LogP contribution in [0.5, 0.6) is 0 Å². The van der Waals surface area contributed by atoms with Gasteiger partial charge in [-0.2, -0.15) is 10.1 Å². The second-order valence-electron chi connectivity index (χ2n) is 5.67. The minimum Gasteiger partial charge on any atom is -0.274 e. The third kappa shape index (κ3) is 2.64. The van der Waals surface area contributed by atoms with Crippen LogP contribution >= 0.6 is 11.8 Å². The molecule has 0 atom stereocenters. The van der Waals surface area contributed by atoms with E-state index in [4.69, 9.17) is 0 Å². The molecule has 25 heavy (non-hydrogen) atoms. The molecule has 124 valence electrons. The lowest BCUT2D eigenvalue weighted by Gasteiger charge is -2.19. The number of benzene rings is 2. The van der Waals surface area contributed by atoms with E-state index in [0.717, 1.165) is 5.69 Å². The van der Waals surface area contributed by atoms with E-state index in [0.29, 0.717) is 27.8 Å². The predicted octanol–water partition coefficient (Wildman–Crippen LogP) is 3.40. The van der Waals surface area contributed by atoms with Gasteiger partial charge in [0.25, 0.3) is 5.91 Å². The average molecular weight is 349 g/mol. The standard InChI is InChI=1S/C19H15N3O2S/c1-13-17(18(24)22(20-13)15-10-6-3-7-11-15)19-21(16(23)12-25-19)14-8-4-2-5-9-14/h2-11H,12H2,1H3/b19-17+. The van der Waals surface area contributed by atoms with Crippen molar-refractivity contribution < 1.29 is 9.59 Å². The van der Waals surface area contributed by atoms with Crippen LogP contribution in [0, 0.1) is 0 Å². The van der Waals surface area contributed by atoms with E-state index in [1.54, 1.807) is 11.8 Å². The summed E-state index contributed by atoms with van der Waals surface area (Å²) in [5.74, 6) is 0.0823. The van der Waals surface area contributed by atoms with Gasteiger partial charge >= 0.3 is 0 Å². The minimum absolute atomic E-state index is 0.0301. The summed E-state index contributed by atoms with van der Waals surface area (Å²) in [6.07, 6.45) is 0. The van der Waals surface area contributed by atoms with E-state index in [1.807, 2.05) is 60.7 Å². The van der Waals surface area contributed by atoms with E-state index in [1.165, 1.54) is 16.8 Å². The third-order valence-corrected chi connectivity index (χ3v) is 5.08. The zero-order chi connectivity index (χ0) is 17.4. The molecule has 2 aliphatic heterocycles. The zero-order valence-electron chi connectivity index (χ0n) is 13.5. The highest BCUT2D eigenvalue weighted by molar-refractivity contribution is 8.04. The molecule has 2 aromatic rings. The first kappa shape index (κ1) is 15.7. The summed E-state index contributed by atoms with van der Waals surface area (Å²) >= 11 is 1.38. The van der Waals surface area contributed by atoms with Crippen molar-refractivity contribution in [2.24, 2.45) is 5.10 Å². The van der Waals surface area contributed by atoms with Crippen LogP contribution in [-0.4, -0.2) is 23.3 Å². The highest BCUT2D eigenvalue weighted by atomic mass is 32.2. The number of rotatable bonds is 2. The van der Waals surface area contributed by atoms with Gasteiger partial charge in [0.05, 0.1) is 27.8 Å². The Hall–Kier alpha value is -2.86. The van der Waals surface area contributed by atoms with Gasteiger partial charge in [0.2, 0.25) is 5.91 Å². The molecule has 1 fully saturated rings. The number of para-hydroxylation sites is 2. The molecule has 2 aliphatic rings. The molecule has 0 unspecified atom stereocenters. The van der Waals surface area contributed by atoms with E-state index in [-0.39, 0.29) is 11.8 Å². The first-order chi connectivity index (χ1) is 12.2. The highest BCUT2D eigenvalue weighted by Gasteiger charge is 2.38. The maximum atomic E-state index is 13.0. The fourth-order valence-electron chi connectivity index (χ4n) is 2.89. The molecular weight excluding hydrogens is 334 g/mol. The lowest BCUT2D eigenvalue weighted by molar-refractivity contribution is -0.115. The van der Waals surface area contributed by atoms with E-state index in [2.05, 4.69) is 5.10 Å². The number of carbonyl (C=O) groups excluding carboxylic acids is 2. The Kier molecular flexibility index (Phi) is 3.89. The normalized spacial score (nSPS) is 20.4. The van der Waals surface area contributed by atoms with Crippen molar-refractivity contribution in [3.05, 3.63) is 71.3 Å². The fourth-order valence-corrected chi connectivity index (χ4v) is 4.00. The van der Waals surface area contributed by atoms with E-state index in [9.17, 15) is 9.59 Å². The Balaban J connectivity index is 1.79. The molecule has 1 saturated heterocycles. The lowest BCUT2D eigenvalue weighted by atomic mass is 10.1. The molecule has 0 aromatic heterocycles. The number of amides is 2. The number of carbonyl (C=O) groups is 2. The fraction of sp³-hybridized carbons (Fsp3) is 0.105. The monoisotopic (exact) mass is 349 g/mol. The van der Waals surface area contributed by atoms with Crippen LogP contribution in [0.4, 0.5) is 11.4 Å². The summed E-state index contributed by atoms with van der Waals surface area (Å²) < 4.78 is 0. The van der Waals surface area contributed by atoms with E-state index >= 15 is 0 Å². The first-order valence-corrected chi connectivity index (χ1v) is 8.85. The topological polar surface area (TPSA) is 53.0 Å². The maximum Gasteiger partial charge on any atom is 0.283 e. The SMILES string of the molecule is CC1=NN(c2ccccc2)C(=O)/C1=C1/SCC(=O)N1c1ccccc1. The highest BCUT2D eigenvalue weighted by Crippen LogP contribution is 2.38. The molecule has 0 N–H and O–H groups in total. The zero-order valence-corrected chi connectivity index (χ0v) is 14.4. The number of hydrazone groups is 1. The Morgan fingerprint density at radius 2 is 1.52 bits per heavy atom. The van der Waals surface area contributed by atoms with Gasteiger partial charge in [0.1, 0.15) is 0 Å². The molecule has 0 aliphatic carbocycles. The van der Waals surface area contributed by atoms with Crippen molar-refractivity contribution in [1.82, 2.24) is 0 Å². The van der Waals surface area contributed by atoms with Gasteiger partial charge in [-0.3, -0.25) is 14.5 Å². The molecule has 0 bridgehead atoms. The molecule has 0 radical (unpaired) electrons. The van der Waals surface area contributed by atoms with Crippen molar-refractivity contribution in [2.75, 3.05) is 15.7 Å². The predicted molar refractivity (Wildman–Crippen MR) is 100 cm³/mol. The van der Waals surface area contributed by atoms with Gasteiger partial charge in [-0.15, -0.1) is 0 Å². The van der Waals surface area contributed by atoms with Gasteiger partial charge in [-0.05, 0) is 31.2 Å². The van der Waals surface area contributed by atoms with Crippen molar-refractivity contribution >= 4 is 40.7 Å². The molecule has 2 aromatic carbocycles. The number of hydrogen-bond donors (Lipinski definition) is 0. The van der Waals surface area contributed by atoms with Crippen LogP contribution in [0.2, 0.25) is 0 Å². The van der Waals surface area contributed by atoms with Crippen LogP contribution in [-0.2, 0) is 9.59 Å². The summed E-state index contributed by atoms with van der Waals surface area (Å²) in [5.41, 5.74) is 2.58. The van der Waals surface area contributed by atoms with Crippen molar-refractivity contribution in [3.63, 3.8) is 0 Å². The molecule has 0 saturated carbocycles. The first-order valence-electron chi connectivity index (χ1n) is 7.87. The minimum atomic E-state index is -0.207. The van der Waals surface area contributed by atoms with Crippen molar-refractivity contribution in [1.29, 1.82) is 0 Å². The second kappa shape index (κ2) is 6.22. The Morgan fingerprint density at radius 1 is 0.920 bits per heavy atom. The molecule has 2 amide bonds. The molecule has 4 rings (SSSR count). The number of thioether (sulfide) groups is 1. The van der Waals surface area contributed by atoms with Gasteiger partial charge in [0.15, 0.2) is 0 Å². The summed E-state index contributed by atoms with van der Waals surface area (Å²) in [6.45, 7) is 1.80. The molecule has 0 spiro atoms. The quantitative estimate of drug-likeness (QED) is 0.781. The smallest absolute Gasteiger partial charge is 0.274 e. The Bertz CT molecular complexity index is 907. The van der Waals surface area contributed by atoms with Gasteiger partial charge in [0, 0.05) is 5.69 Å². The van der Waals surface area contributed by atoms with Crippen LogP contribution < -0.4 is 9.91 Å². The van der Waals surface area contributed by atoms with Crippen molar-refractivity contribution in [3.8, 4) is 0 Å². The Labute approximate surface area is 149 Å². The van der Waals surface area contributed by atoms with Crippen LogP contribution in [0.15, 0.2) is 76.4 Å². The largest absolute Gasteiger partial charge is 0.283 e. The van der Waals surface area contributed by atoms with Crippen LogP contribution in [0.25, 0.3) is 0 Å². The molecule has 5 nitrogen and oxygen atoms in total. The summed E-state index contributed by atoms with van der Waals surface area (Å²) in [4.78, 5) is 27.0. The van der Waals surface area contributed by atoms with E-state index < -0.39 is 0 Å². The number of nitrogens with zero attached hydrogens (tertiary/aromatic N) is 3. The summed E-state index contributed by atoms with van der Waals surface area (Å²) in [7, 11) is 0. The lowest BCUT2D eigenvalue weighted by Crippen LogP contribution is -2.28. The summed E-state index contributed by atoms with van der Waals surface area (Å²) in [6, 6.07) is 18.7. The van der Waals surface area contributed by atoms with Crippen LogP contribution in [0.1, 0.15) is 6.92 Å². The summed E-state index contributed by atoms with van der Waals surface area (Å²) in [5, 5.41) is 6.46. The average Bonchev–Trinajstić information content (AvgIpc) is 3.15. The maximum absolute atomic E-state index is 13.0.